The zero-order valence-electron chi connectivity index (χ0n) is 23.9. The van der Waals surface area contributed by atoms with Crippen LogP contribution in [0.4, 0.5) is 31.5 Å². The number of carbonyl (C=O) groups is 4. The summed E-state index contributed by atoms with van der Waals surface area (Å²) in [6.45, 7) is -0.0588. The molecular formula is C29H28F5N5O7. The zero-order chi connectivity index (χ0) is 33.4. The second kappa shape index (κ2) is 12.2. The predicted molar refractivity (Wildman–Crippen MR) is 145 cm³/mol. The maximum Gasteiger partial charge on any atom is 0.414 e. The number of aliphatic carboxylic acids is 1. The standard InChI is InChI=1S/C29H28F5N5O7/c30-28(31)10-8-17(9-11-28)22(36-25(43)46-15-16-4-2-1-3-5-16)19-14-38-21(35-19)7-6-18(37-38)12-27(24(41)42)13-20(29(32,33)34)39(23(27)40)26(44)45/h1-7,14,17,20,22H,8-13,15H2,(H,36,43)(H,41,42)(H,44,45)/t20-,22?,27?/m0/s1. The lowest BCUT2D eigenvalue weighted by atomic mass is 9.80. The summed E-state index contributed by atoms with van der Waals surface area (Å²) in [6, 6.07) is 7.61. The van der Waals surface area contributed by atoms with Gasteiger partial charge in [-0.15, -0.1) is 0 Å². The molecule has 3 N–H and O–H groups in total. The summed E-state index contributed by atoms with van der Waals surface area (Å²) in [4.78, 5) is 53.4. The second-order valence-corrected chi connectivity index (χ2v) is 11.5. The largest absolute Gasteiger partial charge is 0.480 e. The summed E-state index contributed by atoms with van der Waals surface area (Å²) in [5.41, 5.74) is -1.86. The van der Waals surface area contributed by atoms with Crippen LogP contribution in [0.2, 0.25) is 0 Å². The SMILES string of the molecule is O=C(NC(c1cn2nc(CC3(C(=O)O)C[C@@H](C(F)(F)F)N(C(=O)O)C3=O)ccc2n1)C1CCC(F)(F)CC1)OCc1ccccc1. The molecule has 1 saturated carbocycles. The number of imide groups is 1. The van der Waals surface area contributed by atoms with E-state index in [-0.39, 0.29) is 36.5 Å². The first kappa shape index (κ1) is 32.6. The molecule has 246 valence electrons. The molecule has 3 atom stereocenters. The van der Waals surface area contributed by atoms with Gasteiger partial charge in [-0.2, -0.15) is 18.3 Å². The molecule has 2 aromatic heterocycles. The smallest absolute Gasteiger partial charge is 0.414 e. The van der Waals surface area contributed by atoms with Crippen molar-refractivity contribution in [1.82, 2.24) is 24.8 Å². The number of hydrogen-bond donors (Lipinski definition) is 3. The van der Waals surface area contributed by atoms with Gasteiger partial charge in [0.15, 0.2) is 11.1 Å². The van der Waals surface area contributed by atoms with Gasteiger partial charge in [0.05, 0.1) is 23.6 Å². The predicted octanol–water partition coefficient (Wildman–Crippen LogP) is 4.98. The summed E-state index contributed by atoms with van der Waals surface area (Å²) in [5, 5.41) is 26.1. The lowest BCUT2D eigenvalue weighted by Crippen LogP contribution is -2.47. The fourth-order valence-electron chi connectivity index (χ4n) is 5.98. The third-order valence-electron chi connectivity index (χ3n) is 8.39. The molecule has 1 aliphatic heterocycles. The highest BCUT2D eigenvalue weighted by molar-refractivity contribution is 6.09. The van der Waals surface area contributed by atoms with E-state index in [9.17, 15) is 51.3 Å². The monoisotopic (exact) mass is 653 g/mol. The van der Waals surface area contributed by atoms with Crippen LogP contribution in [-0.2, 0) is 27.4 Å². The van der Waals surface area contributed by atoms with Gasteiger partial charge >= 0.3 is 24.3 Å². The maximum atomic E-state index is 14.0. The summed E-state index contributed by atoms with van der Waals surface area (Å²) < 4.78 is 75.3. The average Bonchev–Trinajstić information content (AvgIpc) is 3.54. The van der Waals surface area contributed by atoms with Crippen LogP contribution in [0.1, 0.15) is 55.1 Å². The normalized spacial score (nSPS) is 22.5. The van der Waals surface area contributed by atoms with Crippen molar-refractivity contribution in [3.8, 4) is 0 Å². The molecule has 3 heterocycles. The molecule has 0 bridgehead atoms. The Hall–Kier alpha value is -4.83. The van der Waals surface area contributed by atoms with E-state index in [0.29, 0.717) is 5.56 Å². The van der Waals surface area contributed by atoms with Crippen LogP contribution in [0.3, 0.4) is 0 Å². The Bertz CT molecular complexity index is 1640. The van der Waals surface area contributed by atoms with Crippen LogP contribution < -0.4 is 5.32 Å². The minimum absolute atomic E-state index is 0.0485. The number of nitrogens with zero attached hydrogens (tertiary/aromatic N) is 4. The van der Waals surface area contributed by atoms with Crippen molar-refractivity contribution in [2.75, 3.05) is 0 Å². The molecule has 0 radical (unpaired) electrons. The van der Waals surface area contributed by atoms with Crippen LogP contribution in [0, 0.1) is 11.3 Å². The molecule has 1 aliphatic carbocycles. The number of carboxylic acids is 1. The molecule has 2 aliphatic rings. The van der Waals surface area contributed by atoms with Gasteiger partial charge in [-0.25, -0.2) is 32.8 Å². The van der Waals surface area contributed by atoms with Crippen molar-refractivity contribution < 1.29 is 56.1 Å². The minimum atomic E-state index is -5.21. The Kier molecular flexibility index (Phi) is 8.61. The number of ether oxygens (including phenoxy) is 1. The van der Waals surface area contributed by atoms with Crippen LogP contribution in [0.15, 0.2) is 48.7 Å². The lowest BCUT2D eigenvalue weighted by Gasteiger charge is -2.33. The number of nitrogens with one attached hydrogen (secondary N) is 1. The first-order valence-corrected chi connectivity index (χ1v) is 14.2. The molecule has 46 heavy (non-hydrogen) atoms. The Balaban J connectivity index is 1.42. The number of aromatic nitrogens is 3. The first-order valence-electron chi connectivity index (χ1n) is 14.2. The zero-order valence-corrected chi connectivity index (χ0v) is 23.9. The number of likely N-dealkylation sites (tertiary alicyclic amines) is 1. The highest BCUT2D eigenvalue weighted by Gasteiger charge is 2.65. The third-order valence-corrected chi connectivity index (χ3v) is 8.39. The lowest BCUT2D eigenvalue weighted by molar-refractivity contribution is -0.175. The number of benzene rings is 1. The van der Waals surface area contributed by atoms with Gasteiger partial charge in [0.1, 0.15) is 12.6 Å². The van der Waals surface area contributed by atoms with Crippen molar-refractivity contribution in [3.63, 3.8) is 0 Å². The molecule has 12 nitrogen and oxygen atoms in total. The van der Waals surface area contributed by atoms with E-state index in [1.165, 1.54) is 18.3 Å². The molecule has 5 rings (SSSR count). The highest BCUT2D eigenvalue weighted by atomic mass is 19.4. The van der Waals surface area contributed by atoms with Gasteiger partial charge in [0, 0.05) is 25.7 Å². The van der Waals surface area contributed by atoms with Crippen molar-refractivity contribution >= 4 is 29.7 Å². The van der Waals surface area contributed by atoms with Gasteiger partial charge in [-0.3, -0.25) is 9.59 Å². The van der Waals surface area contributed by atoms with Crippen molar-refractivity contribution in [3.05, 3.63) is 65.6 Å². The van der Waals surface area contributed by atoms with Gasteiger partial charge in [0.2, 0.25) is 11.8 Å². The molecule has 0 spiro atoms. The molecule has 3 aromatic rings. The fourth-order valence-corrected chi connectivity index (χ4v) is 5.98. The van der Waals surface area contributed by atoms with E-state index in [2.05, 4.69) is 15.4 Å². The van der Waals surface area contributed by atoms with Gasteiger partial charge in [-0.1, -0.05) is 30.3 Å². The van der Waals surface area contributed by atoms with Crippen LogP contribution in [-0.4, -0.2) is 71.9 Å². The van der Waals surface area contributed by atoms with Crippen LogP contribution >= 0.6 is 0 Å². The Morgan fingerprint density at radius 2 is 1.74 bits per heavy atom. The van der Waals surface area contributed by atoms with Gasteiger partial charge in [0.25, 0.3) is 0 Å². The number of alkyl halides is 5. The topological polar surface area (TPSA) is 163 Å². The highest BCUT2D eigenvalue weighted by Crippen LogP contribution is 2.45. The van der Waals surface area contributed by atoms with E-state index < -0.39 is 90.2 Å². The van der Waals surface area contributed by atoms with Gasteiger partial charge < -0.3 is 20.3 Å². The summed E-state index contributed by atoms with van der Waals surface area (Å²) >= 11 is 0. The summed E-state index contributed by atoms with van der Waals surface area (Å²) in [5.74, 6) is -7.02. The Morgan fingerprint density at radius 1 is 1.07 bits per heavy atom. The van der Waals surface area contributed by atoms with Crippen LogP contribution in [0.5, 0.6) is 0 Å². The molecule has 3 amide bonds. The van der Waals surface area contributed by atoms with Crippen molar-refractivity contribution in [1.29, 1.82) is 0 Å². The summed E-state index contributed by atoms with van der Waals surface area (Å²) in [7, 11) is 0. The minimum Gasteiger partial charge on any atom is -0.480 e. The number of carboxylic acid groups (broad SMARTS) is 2. The van der Waals surface area contributed by atoms with Crippen LogP contribution in [0.25, 0.3) is 5.65 Å². The van der Waals surface area contributed by atoms with E-state index in [0.717, 1.165) is 4.52 Å². The van der Waals surface area contributed by atoms with E-state index in [1.54, 1.807) is 30.3 Å². The molecule has 2 unspecified atom stereocenters. The van der Waals surface area contributed by atoms with E-state index in [1.807, 2.05) is 0 Å². The number of fused-ring (bicyclic) bond motifs is 1. The van der Waals surface area contributed by atoms with Crippen molar-refractivity contribution in [2.45, 2.75) is 69.3 Å². The maximum absolute atomic E-state index is 14.0. The molecule has 2 fully saturated rings. The number of carbonyl (C=O) groups excluding carboxylic acids is 2. The Labute approximate surface area is 257 Å². The number of amides is 3. The number of hydrogen-bond acceptors (Lipinski definition) is 7. The third kappa shape index (κ3) is 6.57. The number of rotatable bonds is 8. The first-order chi connectivity index (χ1) is 21.6. The average molecular weight is 654 g/mol. The number of alkyl carbamates (subject to hydrolysis) is 1. The molecular weight excluding hydrogens is 625 g/mol. The fraction of sp³-hybridized carbons (Fsp3) is 0.448. The second-order valence-electron chi connectivity index (χ2n) is 11.5. The quantitative estimate of drug-likeness (QED) is 0.225. The Morgan fingerprint density at radius 3 is 2.33 bits per heavy atom. The van der Waals surface area contributed by atoms with E-state index in [4.69, 9.17) is 4.74 Å². The summed E-state index contributed by atoms with van der Waals surface area (Å²) in [6.07, 6.45) is -9.89. The number of imidazole rings is 1. The molecule has 1 saturated heterocycles. The molecule has 1 aromatic carbocycles. The molecule has 17 heteroatoms. The van der Waals surface area contributed by atoms with E-state index >= 15 is 0 Å². The number of halogens is 5. The van der Waals surface area contributed by atoms with Crippen molar-refractivity contribution in [2.24, 2.45) is 11.3 Å². The van der Waals surface area contributed by atoms with Gasteiger partial charge in [-0.05, 0) is 36.5 Å².